The summed E-state index contributed by atoms with van der Waals surface area (Å²) in [5, 5.41) is 9.93. The normalized spacial score (nSPS) is 13.6. The summed E-state index contributed by atoms with van der Waals surface area (Å²) in [6, 6.07) is 15.2. The number of aryl methyl sites for hydroxylation is 2. The van der Waals surface area contributed by atoms with E-state index < -0.39 is 17.8 Å². The van der Waals surface area contributed by atoms with Crippen molar-refractivity contribution in [1.29, 1.82) is 0 Å². The number of alkyl halides is 3. The molecule has 3 aromatic rings. The largest absolute Gasteiger partial charge is 0.416 e. The molecule has 0 spiro atoms. The summed E-state index contributed by atoms with van der Waals surface area (Å²) >= 11 is 0. The first-order valence-corrected chi connectivity index (χ1v) is 9.90. The first-order chi connectivity index (χ1) is 14.8. The minimum Gasteiger partial charge on any atom is -0.359 e. The predicted molar refractivity (Wildman–Crippen MR) is 110 cm³/mol. The van der Waals surface area contributed by atoms with E-state index in [1.54, 1.807) is 20.0 Å². The molecule has 8 heteroatoms. The van der Waals surface area contributed by atoms with E-state index in [0.29, 0.717) is 24.3 Å². The number of nitrogens with zero attached hydrogens (tertiary/aromatic N) is 1. The topological polar surface area (TPSA) is 67.2 Å². The molecule has 1 unspecified atom stereocenters. The molecule has 2 atom stereocenters. The van der Waals surface area contributed by atoms with Gasteiger partial charge in [0, 0.05) is 13.1 Å². The number of rotatable bonds is 8. The van der Waals surface area contributed by atoms with Crippen molar-refractivity contribution in [2.24, 2.45) is 0 Å². The highest BCUT2D eigenvalue weighted by atomic mass is 19.4. The van der Waals surface area contributed by atoms with Crippen LogP contribution in [0.2, 0.25) is 0 Å². The highest BCUT2D eigenvalue weighted by Crippen LogP contribution is 2.30. The van der Waals surface area contributed by atoms with Crippen LogP contribution in [0.5, 0.6) is 0 Å². The van der Waals surface area contributed by atoms with Crippen LogP contribution in [0, 0.1) is 6.92 Å². The minimum atomic E-state index is -4.36. The van der Waals surface area contributed by atoms with Gasteiger partial charge in [-0.1, -0.05) is 47.6 Å². The van der Waals surface area contributed by atoms with Crippen LogP contribution in [0.25, 0.3) is 0 Å². The molecule has 1 amide bonds. The Kier molecular flexibility index (Phi) is 7.12. The average Bonchev–Trinajstić information content (AvgIpc) is 3.20. The molecule has 0 bridgehead atoms. The number of halogens is 3. The number of nitrogens with one attached hydrogen (secondary N) is 2. The fraction of sp³-hybridized carbons (Fsp3) is 0.304. The summed E-state index contributed by atoms with van der Waals surface area (Å²) in [6.45, 7) is 1.80. The number of amides is 1. The van der Waals surface area contributed by atoms with Crippen molar-refractivity contribution in [2.75, 3.05) is 7.05 Å². The molecule has 0 saturated carbocycles. The number of hydrogen-bond donors (Lipinski definition) is 2. The van der Waals surface area contributed by atoms with Crippen LogP contribution in [0.3, 0.4) is 0 Å². The lowest BCUT2D eigenvalue weighted by molar-refractivity contribution is -0.137. The van der Waals surface area contributed by atoms with E-state index in [2.05, 4.69) is 15.8 Å². The monoisotopic (exact) mass is 431 g/mol. The Morgan fingerprint density at radius 3 is 2.32 bits per heavy atom. The van der Waals surface area contributed by atoms with Gasteiger partial charge in [-0.05, 0) is 43.0 Å². The van der Waals surface area contributed by atoms with E-state index in [4.69, 9.17) is 4.52 Å². The molecule has 5 nitrogen and oxygen atoms in total. The molecule has 164 valence electrons. The molecule has 31 heavy (non-hydrogen) atoms. The molecule has 3 rings (SSSR count). The second-order valence-corrected chi connectivity index (χ2v) is 7.28. The number of likely N-dealkylation sites (N-methyl/N-ethyl adjacent to an activating group) is 1. The van der Waals surface area contributed by atoms with Gasteiger partial charge in [0.1, 0.15) is 6.04 Å². The summed E-state index contributed by atoms with van der Waals surface area (Å²) in [4.78, 5) is 12.6. The maximum Gasteiger partial charge on any atom is 0.416 e. The van der Waals surface area contributed by atoms with Crippen LogP contribution < -0.4 is 10.6 Å². The van der Waals surface area contributed by atoms with Crippen LogP contribution >= 0.6 is 0 Å². The first-order valence-electron chi connectivity index (χ1n) is 9.90. The molecular formula is C23H24F3N3O2. The number of carbonyl (C=O) groups excluding carboxylic acids is 1. The third-order valence-corrected chi connectivity index (χ3v) is 5.00. The van der Waals surface area contributed by atoms with Gasteiger partial charge in [0.15, 0.2) is 5.76 Å². The second kappa shape index (κ2) is 9.78. The maximum atomic E-state index is 12.8. The number of carbonyl (C=O) groups is 1. The lowest BCUT2D eigenvalue weighted by atomic mass is 9.99. The fourth-order valence-electron chi connectivity index (χ4n) is 3.34. The Bertz CT molecular complexity index is 985. The zero-order valence-corrected chi connectivity index (χ0v) is 17.2. The summed E-state index contributed by atoms with van der Waals surface area (Å²) in [7, 11) is 1.57. The minimum absolute atomic E-state index is 0.207. The standard InChI is InChI=1S/C23H24F3N3O2/c1-15-14-20(31-29-15)19(13-10-16-8-11-18(12-9-16)23(24,25)26)28-21(22(30)27-2)17-6-4-3-5-7-17/h3-9,11-12,14,19,21,28H,10,13H2,1-2H3,(H,27,30)/t19?,21-/m1/s1. The van der Waals surface area contributed by atoms with Crippen LogP contribution in [0.15, 0.2) is 65.2 Å². The first kappa shape index (κ1) is 22.6. The Labute approximate surface area is 178 Å². The lowest BCUT2D eigenvalue weighted by Gasteiger charge is -2.24. The molecular weight excluding hydrogens is 407 g/mol. The van der Waals surface area contributed by atoms with Gasteiger partial charge >= 0.3 is 6.18 Å². The van der Waals surface area contributed by atoms with Crippen LogP contribution in [0.1, 0.15) is 46.6 Å². The summed E-state index contributed by atoms with van der Waals surface area (Å²) < 4.78 is 43.8. The van der Waals surface area contributed by atoms with Crippen molar-refractivity contribution < 1.29 is 22.5 Å². The highest BCUT2D eigenvalue weighted by molar-refractivity contribution is 5.82. The van der Waals surface area contributed by atoms with Crippen LogP contribution in [-0.4, -0.2) is 18.1 Å². The zero-order chi connectivity index (χ0) is 22.4. The summed E-state index contributed by atoms with van der Waals surface area (Å²) in [5.41, 5.74) is 1.57. The molecule has 1 aromatic heterocycles. The number of aromatic nitrogens is 1. The van der Waals surface area contributed by atoms with Crippen molar-refractivity contribution in [3.63, 3.8) is 0 Å². The van der Waals surface area contributed by atoms with E-state index in [0.717, 1.165) is 23.3 Å². The Morgan fingerprint density at radius 1 is 1.10 bits per heavy atom. The third-order valence-electron chi connectivity index (χ3n) is 5.00. The third kappa shape index (κ3) is 5.95. The van der Waals surface area contributed by atoms with Gasteiger partial charge in [-0.25, -0.2) is 0 Å². The molecule has 0 radical (unpaired) electrons. The summed E-state index contributed by atoms with van der Waals surface area (Å²) in [6.07, 6.45) is -3.37. The smallest absolute Gasteiger partial charge is 0.359 e. The van der Waals surface area contributed by atoms with E-state index in [9.17, 15) is 18.0 Å². The highest BCUT2D eigenvalue weighted by Gasteiger charge is 2.30. The molecule has 0 fully saturated rings. The Balaban J connectivity index is 1.80. The van der Waals surface area contributed by atoms with Crippen LogP contribution in [0.4, 0.5) is 13.2 Å². The lowest BCUT2D eigenvalue weighted by Crippen LogP contribution is -2.38. The van der Waals surface area contributed by atoms with Crippen molar-refractivity contribution in [3.05, 3.63) is 88.8 Å². The number of hydrogen-bond acceptors (Lipinski definition) is 4. The second-order valence-electron chi connectivity index (χ2n) is 7.28. The van der Waals surface area contributed by atoms with Gasteiger partial charge < -0.3 is 9.84 Å². The SMILES string of the molecule is CNC(=O)[C@H](NC(CCc1ccc(C(F)(F)F)cc1)c1cc(C)no1)c1ccccc1. The van der Waals surface area contributed by atoms with Crippen molar-refractivity contribution >= 4 is 5.91 Å². The zero-order valence-electron chi connectivity index (χ0n) is 17.2. The van der Waals surface area contributed by atoms with Gasteiger partial charge in [-0.3, -0.25) is 10.1 Å². The van der Waals surface area contributed by atoms with E-state index >= 15 is 0 Å². The molecule has 2 N–H and O–H groups in total. The average molecular weight is 431 g/mol. The molecule has 0 aliphatic heterocycles. The van der Waals surface area contributed by atoms with Crippen molar-refractivity contribution in [1.82, 2.24) is 15.8 Å². The van der Waals surface area contributed by atoms with Gasteiger partial charge in [0.05, 0.1) is 17.3 Å². The van der Waals surface area contributed by atoms with Crippen LogP contribution in [-0.2, 0) is 17.4 Å². The molecule has 0 aliphatic carbocycles. The maximum absolute atomic E-state index is 12.8. The molecule has 2 aromatic carbocycles. The van der Waals surface area contributed by atoms with Gasteiger partial charge in [0.2, 0.25) is 5.91 Å². The van der Waals surface area contributed by atoms with Gasteiger partial charge in [0.25, 0.3) is 0 Å². The Hall–Kier alpha value is -3.13. The molecule has 0 saturated heterocycles. The van der Waals surface area contributed by atoms with Gasteiger partial charge in [-0.15, -0.1) is 0 Å². The van der Waals surface area contributed by atoms with E-state index in [-0.39, 0.29) is 11.9 Å². The van der Waals surface area contributed by atoms with E-state index in [1.165, 1.54) is 12.1 Å². The van der Waals surface area contributed by atoms with Crippen molar-refractivity contribution in [3.8, 4) is 0 Å². The van der Waals surface area contributed by atoms with E-state index in [1.807, 2.05) is 30.3 Å². The van der Waals surface area contributed by atoms with Crippen molar-refractivity contribution in [2.45, 2.75) is 38.0 Å². The molecule has 1 heterocycles. The fourth-order valence-corrected chi connectivity index (χ4v) is 3.34. The summed E-state index contributed by atoms with van der Waals surface area (Å²) in [5.74, 6) is 0.358. The predicted octanol–water partition coefficient (Wildman–Crippen LogP) is 4.75. The quantitative estimate of drug-likeness (QED) is 0.540. The number of benzene rings is 2. The molecule has 0 aliphatic rings. The Morgan fingerprint density at radius 2 is 1.77 bits per heavy atom. The van der Waals surface area contributed by atoms with Gasteiger partial charge in [-0.2, -0.15) is 13.2 Å².